The normalized spacial score (nSPS) is 14.0. The molecule has 15 heteroatoms. The maximum atomic E-state index is 13.3. The van der Waals surface area contributed by atoms with Crippen molar-refractivity contribution in [1.82, 2.24) is 24.5 Å². The number of aryl methyl sites for hydroxylation is 3. The monoisotopic (exact) mass is 567 g/mol. The van der Waals surface area contributed by atoms with Gasteiger partial charge in [0.1, 0.15) is 11.6 Å². The van der Waals surface area contributed by atoms with E-state index in [9.17, 15) is 39.0 Å². The summed E-state index contributed by atoms with van der Waals surface area (Å²) in [6, 6.07) is 6.89. The second-order valence-corrected chi connectivity index (χ2v) is 9.29. The average Bonchev–Trinajstić information content (AvgIpc) is 3.58. The van der Waals surface area contributed by atoms with E-state index in [0.717, 1.165) is 12.1 Å². The summed E-state index contributed by atoms with van der Waals surface area (Å²) < 4.78 is 1.79. The Morgan fingerprint density at radius 3 is 1.62 bits per heavy atom. The molecule has 2 aromatic carbocycles. The number of hydrogen-bond acceptors (Lipinski definition) is 10. The largest absolute Gasteiger partial charge is 0.478 e. The topological polar surface area (TPSA) is 206 Å². The van der Waals surface area contributed by atoms with Gasteiger partial charge in [-0.15, -0.1) is 0 Å². The molecule has 0 unspecified atom stereocenters. The molecule has 0 saturated carbocycles. The molecule has 4 amide bonds. The maximum Gasteiger partial charge on any atom is 0.335 e. The Bertz CT molecular complexity index is 1800. The predicted molar refractivity (Wildman–Crippen MR) is 140 cm³/mol. The van der Waals surface area contributed by atoms with E-state index in [4.69, 9.17) is 0 Å². The molecule has 0 saturated heterocycles. The van der Waals surface area contributed by atoms with Crippen LogP contribution in [0.4, 0.5) is 11.9 Å². The molecule has 0 aliphatic carbocycles. The molecular weight excluding hydrogens is 550 g/mol. The number of rotatable bonds is 7. The highest BCUT2D eigenvalue weighted by Gasteiger charge is 2.42. The quantitative estimate of drug-likeness (QED) is 0.306. The van der Waals surface area contributed by atoms with Gasteiger partial charge in [0.05, 0.1) is 33.4 Å². The minimum absolute atomic E-state index is 0.0219. The molecule has 0 atom stereocenters. The van der Waals surface area contributed by atoms with Crippen LogP contribution in [0.2, 0.25) is 0 Å². The van der Waals surface area contributed by atoms with Crippen LogP contribution in [0, 0.1) is 6.92 Å². The van der Waals surface area contributed by atoms with Crippen molar-refractivity contribution in [3.05, 3.63) is 93.8 Å². The van der Waals surface area contributed by atoms with Gasteiger partial charge in [-0.05, 0) is 43.3 Å². The van der Waals surface area contributed by atoms with Crippen LogP contribution in [0.1, 0.15) is 73.8 Å². The van der Waals surface area contributed by atoms with Crippen LogP contribution >= 0.6 is 0 Å². The third kappa shape index (κ3) is 4.07. The summed E-state index contributed by atoms with van der Waals surface area (Å²) in [5.41, 5.74) is -0.944. The Labute approximate surface area is 234 Å². The van der Waals surface area contributed by atoms with E-state index in [-0.39, 0.29) is 45.6 Å². The van der Waals surface area contributed by atoms with Crippen molar-refractivity contribution < 1.29 is 39.0 Å². The summed E-state index contributed by atoms with van der Waals surface area (Å²) in [4.78, 5) is 94.1. The average molecular weight is 567 g/mol. The molecule has 2 aromatic heterocycles. The van der Waals surface area contributed by atoms with Crippen LogP contribution in [-0.4, -0.2) is 70.3 Å². The van der Waals surface area contributed by atoms with Gasteiger partial charge in [0.25, 0.3) is 23.6 Å². The van der Waals surface area contributed by atoms with Crippen LogP contribution in [-0.2, 0) is 13.0 Å². The number of carboxylic acid groups (broad SMARTS) is 2. The van der Waals surface area contributed by atoms with Gasteiger partial charge in [-0.25, -0.2) is 24.4 Å². The highest BCUT2D eigenvalue weighted by Crippen LogP contribution is 2.31. The van der Waals surface area contributed by atoms with Crippen LogP contribution in [0.3, 0.4) is 0 Å². The lowest BCUT2D eigenvalue weighted by Crippen LogP contribution is -2.35. The van der Waals surface area contributed by atoms with Gasteiger partial charge in [-0.2, -0.15) is 15.0 Å². The van der Waals surface area contributed by atoms with Crippen molar-refractivity contribution in [2.24, 2.45) is 0 Å². The van der Waals surface area contributed by atoms with Crippen LogP contribution < -0.4 is 9.80 Å². The lowest BCUT2D eigenvalue weighted by molar-refractivity contribution is 0.0686. The fourth-order valence-corrected chi connectivity index (χ4v) is 4.68. The molecule has 0 fully saturated rings. The maximum absolute atomic E-state index is 13.3. The van der Waals surface area contributed by atoms with Crippen LogP contribution in [0.5, 0.6) is 0 Å². The van der Waals surface area contributed by atoms with E-state index in [1.165, 1.54) is 24.3 Å². The molecule has 2 aliphatic heterocycles. The van der Waals surface area contributed by atoms with Gasteiger partial charge in [0, 0.05) is 25.4 Å². The van der Waals surface area contributed by atoms with Gasteiger partial charge < -0.3 is 14.8 Å². The van der Waals surface area contributed by atoms with Crippen LogP contribution in [0.15, 0.2) is 48.8 Å². The van der Waals surface area contributed by atoms with Gasteiger partial charge in [0.15, 0.2) is 0 Å². The van der Waals surface area contributed by atoms with Crippen LogP contribution in [0.25, 0.3) is 0 Å². The third-order valence-corrected chi connectivity index (χ3v) is 6.83. The summed E-state index contributed by atoms with van der Waals surface area (Å²) in [7, 11) is 0. The highest BCUT2D eigenvalue weighted by atomic mass is 16.4. The Morgan fingerprint density at radius 1 is 0.714 bits per heavy atom. The number of amides is 4. The lowest BCUT2D eigenvalue weighted by Gasteiger charge is -2.17. The van der Waals surface area contributed by atoms with Crippen molar-refractivity contribution in [3.63, 3.8) is 0 Å². The summed E-state index contributed by atoms with van der Waals surface area (Å²) in [6.07, 6.45) is 3.42. The molecule has 208 valence electrons. The number of anilines is 2. The summed E-state index contributed by atoms with van der Waals surface area (Å²) in [5.74, 6) is -6.34. The van der Waals surface area contributed by atoms with Gasteiger partial charge in [0.2, 0.25) is 11.9 Å². The molecule has 0 radical (unpaired) electrons. The van der Waals surface area contributed by atoms with Crippen molar-refractivity contribution >= 4 is 47.5 Å². The van der Waals surface area contributed by atoms with E-state index < -0.39 is 47.5 Å². The molecule has 0 bridgehead atoms. The predicted octanol–water partition coefficient (Wildman–Crippen LogP) is 1.62. The number of imide groups is 2. The smallest absolute Gasteiger partial charge is 0.335 e. The van der Waals surface area contributed by atoms with Gasteiger partial charge in [-0.3, -0.25) is 19.2 Å². The van der Waals surface area contributed by atoms with Crippen molar-refractivity contribution in [2.45, 2.75) is 19.9 Å². The van der Waals surface area contributed by atoms with E-state index in [2.05, 4.69) is 19.9 Å². The number of carbonyl (C=O) groups excluding carboxylic acids is 4. The van der Waals surface area contributed by atoms with E-state index >= 15 is 0 Å². The first-order chi connectivity index (χ1) is 20.0. The zero-order valence-corrected chi connectivity index (χ0v) is 21.5. The molecule has 2 aliphatic rings. The van der Waals surface area contributed by atoms with Gasteiger partial charge >= 0.3 is 11.9 Å². The summed E-state index contributed by atoms with van der Waals surface area (Å²) >= 11 is 0. The number of imidazole rings is 1. The van der Waals surface area contributed by atoms with Crippen molar-refractivity contribution in [3.8, 4) is 0 Å². The summed E-state index contributed by atoms with van der Waals surface area (Å²) in [6.45, 7) is 2.08. The Kier molecular flexibility index (Phi) is 5.92. The molecule has 4 heterocycles. The number of carbonyl (C=O) groups is 6. The number of benzene rings is 2. The minimum atomic E-state index is -1.30. The molecule has 6 rings (SSSR count). The first-order valence-corrected chi connectivity index (χ1v) is 12.3. The second kappa shape index (κ2) is 9.51. The molecule has 4 aromatic rings. The van der Waals surface area contributed by atoms with Crippen molar-refractivity contribution in [1.29, 1.82) is 0 Å². The van der Waals surface area contributed by atoms with E-state index in [1.54, 1.807) is 23.9 Å². The fourth-order valence-electron chi connectivity index (χ4n) is 4.68. The third-order valence-electron chi connectivity index (χ3n) is 6.83. The zero-order chi connectivity index (χ0) is 29.9. The number of fused-ring (bicyclic) bond motifs is 2. The Balaban J connectivity index is 1.44. The molecule has 2 N–H and O–H groups in total. The van der Waals surface area contributed by atoms with E-state index in [1.807, 2.05) is 0 Å². The SMILES string of the molecule is Cc1nccn1CCc1nc(N2C(=O)c3ccc(C(=O)O)cc3C2=O)nc(N2C(=O)c3ccc(C(=O)O)cc3C2=O)n1. The zero-order valence-electron chi connectivity index (χ0n) is 21.5. The van der Waals surface area contributed by atoms with Gasteiger partial charge in [-0.1, -0.05) is 0 Å². The number of aromatic carboxylic acids is 2. The first-order valence-electron chi connectivity index (χ1n) is 12.3. The number of hydrogen-bond donors (Lipinski definition) is 2. The Morgan fingerprint density at radius 2 is 1.19 bits per heavy atom. The second-order valence-electron chi connectivity index (χ2n) is 9.29. The van der Waals surface area contributed by atoms with E-state index in [0.29, 0.717) is 22.2 Å². The number of carboxylic acids is 2. The first kappa shape index (κ1) is 26.1. The molecule has 42 heavy (non-hydrogen) atoms. The fraction of sp³-hybridized carbons (Fsp3) is 0.111. The molecule has 0 spiro atoms. The Hall–Kier alpha value is -6.12. The summed E-state index contributed by atoms with van der Waals surface area (Å²) in [5, 5.41) is 18.6. The number of nitrogens with zero attached hydrogens (tertiary/aromatic N) is 7. The molecule has 15 nitrogen and oxygen atoms in total. The lowest BCUT2D eigenvalue weighted by atomic mass is 10.1. The van der Waals surface area contributed by atoms with Crippen molar-refractivity contribution in [2.75, 3.05) is 9.80 Å². The highest BCUT2D eigenvalue weighted by molar-refractivity contribution is 6.35. The number of aromatic nitrogens is 5. The standard InChI is InChI=1S/C27H17N7O8/c1-12-28-7-9-32(12)8-6-19-29-26(33-20(35)15-4-2-13(24(39)40)10-17(15)22(33)37)31-27(30-19)34-21(36)16-5-3-14(25(41)42)11-18(16)23(34)38/h2-5,7,9-11H,6,8H2,1H3,(H,39,40)(H,41,42). The minimum Gasteiger partial charge on any atom is -0.478 e. The molecular formula is C27H17N7O8.